The van der Waals surface area contributed by atoms with E-state index in [0.29, 0.717) is 6.42 Å². The second-order valence-corrected chi connectivity index (χ2v) is 5.25. The third-order valence-corrected chi connectivity index (χ3v) is 3.29. The Morgan fingerprint density at radius 1 is 1.36 bits per heavy atom. The topological polar surface area (TPSA) is 59.6 Å². The van der Waals surface area contributed by atoms with Gasteiger partial charge in [-0.25, -0.2) is 4.79 Å². The first-order valence-electron chi connectivity index (χ1n) is 6.50. The average Bonchev–Trinajstić information content (AvgIpc) is 2.76. The molecule has 2 amide bonds. The van der Waals surface area contributed by atoms with E-state index in [4.69, 9.17) is 21.1 Å². The monoisotopic (exact) mass is 338 g/mol. The quantitative estimate of drug-likeness (QED) is 0.887. The molecule has 0 fully saturated rings. The number of carbonyl (C=O) groups excluding carboxylic acids is 1. The summed E-state index contributed by atoms with van der Waals surface area (Å²) in [5.74, 6) is -3.64. The maximum Gasteiger partial charge on any atom is 0.492 e. The number of nitrogens with one attached hydrogen (secondary N) is 2. The van der Waals surface area contributed by atoms with Gasteiger partial charge in [-0.05, 0) is 25.5 Å². The summed E-state index contributed by atoms with van der Waals surface area (Å²) in [4.78, 5) is 11.7. The number of halogens is 4. The van der Waals surface area contributed by atoms with Crippen LogP contribution in [0.2, 0.25) is 5.02 Å². The number of hydrogen-bond acceptors (Lipinski definition) is 3. The van der Waals surface area contributed by atoms with Crippen LogP contribution in [-0.2, 0) is 0 Å². The van der Waals surface area contributed by atoms with E-state index in [2.05, 4.69) is 5.32 Å². The summed E-state index contributed by atoms with van der Waals surface area (Å²) in [6.07, 6.45) is -4.44. The lowest BCUT2D eigenvalue weighted by Crippen LogP contribution is -2.66. The number of amides is 2. The molecule has 2 atom stereocenters. The molecule has 0 aliphatic carbocycles. The molecule has 1 heterocycles. The Morgan fingerprint density at radius 3 is 2.59 bits per heavy atom. The standard InChI is InChI=1S/C13H14ClF3N2O3/c1-3-7(2)18-11(20)19-13(12(15,16)17)21-9-5-4-8(14)6-10(9)22-13/h4-7H,3H2,1-2H3,(H2,18,19,20)/t7-,13+/m0/s1. The summed E-state index contributed by atoms with van der Waals surface area (Å²) < 4.78 is 49.7. The Morgan fingerprint density at radius 2 is 2.00 bits per heavy atom. The van der Waals surface area contributed by atoms with Crippen LogP contribution in [0.15, 0.2) is 18.2 Å². The summed E-state index contributed by atoms with van der Waals surface area (Å²) in [5, 5.41) is 4.24. The van der Waals surface area contributed by atoms with Crippen molar-refractivity contribution in [3.8, 4) is 11.5 Å². The van der Waals surface area contributed by atoms with Gasteiger partial charge >= 0.3 is 18.1 Å². The van der Waals surface area contributed by atoms with Gasteiger partial charge in [0, 0.05) is 17.1 Å². The van der Waals surface area contributed by atoms with Crippen molar-refractivity contribution < 1.29 is 27.4 Å². The zero-order chi connectivity index (χ0) is 16.5. The fourth-order valence-electron chi connectivity index (χ4n) is 1.73. The van der Waals surface area contributed by atoms with Crippen molar-refractivity contribution in [2.24, 2.45) is 0 Å². The van der Waals surface area contributed by atoms with Gasteiger partial charge in [0.2, 0.25) is 0 Å². The van der Waals surface area contributed by atoms with Gasteiger partial charge in [-0.3, -0.25) is 5.32 Å². The molecule has 1 aromatic rings. The van der Waals surface area contributed by atoms with Crippen LogP contribution in [0, 0.1) is 0 Å². The predicted molar refractivity (Wildman–Crippen MR) is 72.9 cm³/mol. The number of urea groups is 1. The van der Waals surface area contributed by atoms with Gasteiger partial charge in [-0.15, -0.1) is 0 Å². The van der Waals surface area contributed by atoms with Crippen molar-refractivity contribution >= 4 is 17.6 Å². The van der Waals surface area contributed by atoms with Gasteiger partial charge in [-0.1, -0.05) is 18.5 Å². The second-order valence-electron chi connectivity index (χ2n) is 4.82. The lowest BCUT2D eigenvalue weighted by Gasteiger charge is -2.30. The van der Waals surface area contributed by atoms with Crippen LogP contribution in [0.25, 0.3) is 0 Å². The van der Waals surface area contributed by atoms with E-state index in [1.165, 1.54) is 18.2 Å². The molecule has 0 saturated heterocycles. The van der Waals surface area contributed by atoms with Crippen molar-refractivity contribution in [1.29, 1.82) is 0 Å². The SMILES string of the molecule is CC[C@H](C)NC(=O)N[C@]1(C(F)(F)F)Oc2ccc(Cl)cc2O1. The Hall–Kier alpha value is -1.83. The first-order valence-corrected chi connectivity index (χ1v) is 6.87. The average molecular weight is 339 g/mol. The van der Waals surface area contributed by atoms with E-state index < -0.39 is 18.1 Å². The minimum atomic E-state index is -4.99. The summed E-state index contributed by atoms with van der Waals surface area (Å²) in [7, 11) is 0. The van der Waals surface area contributed by atoms with Crippen molar-refractivity contribution in [2.45, 2.75) is 38.4 Å². The van der Waals surface area contributed by atoms with Gasteiger partial charge in [0.15, 0.2) is 11.5 Å². The highest BCUT2D eigenvalue weighted by molar-refractivity contribution is 6.30. The van der Waals surface area contributed by atoms with E-state index in [1.807, 2.05) is 0 Å². The van der Waals surface area contributed by atoms with Crippen molar-refractivity contribution in [2.75, 3.05) is 0 Å². The van der Waals surface area contributed by atoms with Crippen LogP contribution in [0.3, 0.4) is 0 Å². The van der Waals surface area contributed by atoms with E-state index in [9.17, 15) is 18.0 Å². The molecule has 0 unspecified atom stereocenters. The van der Waals surface area contributed by atoms with Gasteiger partial charge in [0.25, 0.3) is 0 Å². The molecule has 1 aliphatic heterocycles. The van der Waals surface area contributed by atoms with Crippen LogP contribution >= 0.6 is 11.6 Å². The van der Waals surface area contributed by atoms with Crippen LogP contribution in [0.4, 0.5) is 18.0 Å². The van der Waals surface area contributed by atoms with E-state index in [1.54, 1.807) is 19.2 Å². The number of hydrogen-bond donors (Lipinski definition) is 2. The largest absolute Gasteiger partial charge is 0.492 e. The lowest BCUT2D eigenvalue weighted by molar-refractivity contribution is -0.317. The minimum Gasteiger partial charge on any atom is -0.424 e. The highest BCUT2D eigenvalue weighted by Crippen LogP contribution is 2.45. The van der Waals surface area contributed by atoms with Crippen molar-refractivity contribution in [1.82, 2.24) is 10.6 Å². The highest BCUT2D eigenvalue weighted by Gasteiger charge is 2.65. The molecular formula is C13H14ClF3N2O3. The Bertz CT molecular complexity index is 582. The Kier molecular flexibility index (Phi) is 4.32. The van der Waals surface area contributed by atoms with Crippen LogP contribution in [0.1, 0.15) is 20.3 Å². The van der Waals surface area contributed by atoms with E-state index >= 15 is 0 Å². The molecule has 9 heteroatoms. The van der Waals surface area contributed by atoms with Crippen molar-refractivity contribution in [3.63, 3.8) is 0 Å². The van der Waals surface area contributed by atoms with Crippen LogP contribution in [-0.4, -0.2) is 24.2 Å². The molecule has 0 spiro atoms. The Labute approximate surface area is 129 Å². The minimum absolute atomic E-state index is 0.162. The number of carbonyl (C=O) groups is 1. The molecule has 0 bridgehead atoms. The molecule has 1 aromatic carbocycles. The number of ether oxygens (including phenoxy) is 2. The molecule has 0 saturated carbocycles. The molecular weight excluding hydrogens is 325 g/mol. The normalized spacial score (nSPS) is 21.4. The van der Waals surface area contributed by atoms with E-state index in [0.717, 1.165) is 0 Å². The second kappa shape index (κ2) is 5.75. The van der Waals surface area contributed by atoms with Crippen LogP contribution in [0.5, 0.6) is 11.5 Å². The van der Waals surface area contributed by atoms with Crippen molar-refractivity contribution in [3.05, 3.63) is 23.2 Å². The molecule has 122 valence electrons. The third kappa shape index (κ3) is 3.16. The third-order valence-electron chi connectivity index (χ3n) is 3.05. The molecule has 2 N–H and O–H groups in total. The lowest BCUT2D eigenvalue weighted by atomic mass is 10.3. The first kappa shape index (κ1) is 16.5. The van der Waals surface area contributed by atoms with Crippen LogP contribution < -0.4 is 20.1 Å². The highest BCUT2D eigenvalue weighted by atomic mass is 35.5. The fourth-order valence-corrected chi connectivity index (χ4v) is 1.89. The van der Waals surface area contributed by atoms with Gasteiger partial charge in [-0.2, -0.15) is 13.2 Å². The molecule has 0 radical (unpaired) electrons. The fraction of sp³-hybridized carbons (Fsp3) is 0.462. The maximum absolute atomic E-state index is 13.3. The molecule has 0 aromatic heterocycles. The number of fused-ring (bicyclic) bond motifs is 1. The summed E-state index contributed by atoms with van der Waals surface area (Å²) >= 11 is 5.71. The molecule has 2 rings (SSSR count). The first-order chi connectivity index (χ1) is 10.2. The number of rotatable bonds is 3. The molecule has 5 nitrogen and oxygen atoms in total. The van der Waals surface area contributed by atoms with Gasteiger partial charge in [0.05, 0.1) is 0 Å². The predicted octanol–water partition coefficient (Wildman–Crippen LogP) is 3.43. The zero-order valence-corrected chi connectivity index (χ0v) is 12.5. The molecule has 1 aliphatic rings. The zero-order valence-electron chi connectivity index (χ0n) is 11.8. The van der Waals surface area contributed by atoms with E-state index in [-0.39, 0.29) is 22.6 Å². The maximum atomic E-state index is 13.3. The Balaban J connectivity index is 2.24. The summed E-state index contributed by atoms with van der Waals surface area (Å²) in [6.45, 7) is 3.44. The van der Waals surface area contributed by atoms with Gasteiger partial charge in [0.1, 0.15) is 0 Å². The summed E-state index contributed by atoms with van der Waals surface area (Å²) in [6, 6.07) is 2.42. The molecule has 22 heavy (non-hydrogen) atoms. The van der Waals surface area contributed by atoms with Gasteiger partial charge < -0.3 is 14.8 Å². The number of alkyl halides is 3. The smallest absolute Gasteiger partial charge is 0.424 e. The summed E-state index contributed by atoms with van der Waals surface area (Å²) in [5.41, 5.74) is 0. The number of benzene rings is 1.